The van der Waals surface area contributed by atoms with Crippen LogP contribution < -0.4 is 4.74 Å². The van der Waals surface area contributed by atoms with E-state index in [4.69, 9.17) is 4.74 Å². The normalized spacial score (nSPS) is 10.9. The molecule has 0 atom stereocenters. The van der Waals surface area contributed by atoms with Crippen LogP contribution in [0.25, 0.3) is 0 Å². The lowest BCUT2D eigenvalue weighted by Gasteiger charge is -2.11. The highest BCUT2D eigenvalue weighted by Crippen LogP contribution is 2.18. The summed E-state index contributed by atoms with van der Waals surface area (Å²) in [6.45, 7) is 7.26. The van der Waals surface area contributed by atoms with Crippen LogP contribution >= 0.6 is 0 Å². The third kappa shape index (κ3) is 4.37. The molecule has 1 aromatic rings. The van der Waals surface area contributed by atoms with Crippen molar-refractivity contribution in [2.75, 3.05) is 0 Å². The van der Waals surface area contributed by atoms with Crippen molar-refractivity contribution in [3.63, 3.8) is 0 Å². The molecule has 1 N–H and O–H groups in total. The molecule has 86 valence electrons. The molecular weight excluding hydrogens is 200 g/mol. The molecule has 1 aromatic carbocycles. The minimum absolute atomic E-state index is 0.116. The average molecular weight is 218 g/mol. The van der Waals surface area contributed by atoms with Gasteiger partial charge in [-0.3, -0.25) is 0 Å². The first kappa shape index (κ1) is 12.6. The topological polar surface area (TPSA) is 29.5 Å². The fraction of sp³-hybridized carbons (Fsp3) is 0.429. The minimum Gasteiger partial charge on any atom is -0.490 e. The lowest BCUT2D eigenvalue weighted by molar-refractivity contribution is 0.143. The van der Waals surface area contributed by atoms with E-state index in [1.54, 1.807) is 13.8 Å². The van der Waals surface area contributed by atoms with Gasteiger partial charge in [-0.1, -0.05) is 24.0 Å². The van der Waals surface area contributed by atoms with Crippen molar-refractivity contribution in [2.24, 2.45) is 0 Å². The van der Waals surface area contributed by atoms with Crippen LogP contribution in [0.15, 0.2) is 24.3 Å². The molecule has 0 amide bonds. The first-order valence-electron chi connectivity index (χ1n) is 5.40. The molecule has 0 radical (unpaired) electrons. The highest BCUT2D eigenvalue weighted by Gasteiger charge is 2.07. The highest BCUT2D eigenvalue weighted by molar-refractivity contribution is 5.46. The largest absolute Gasteiger partial charge is 0.490 e. The second-order valence-electron chi connectivity index (χ2n) is 4.47. The fourth-order valence-corrected chi connectivity index (χ4v) is 1.15. The van der Waals surface area contributed by atoms with Gasteiger partial charge in [-0.2, -0.15) is 0 Å². The summed E-state index contributed by atoms with van der Waals surface area (Å²) in [6.07, 6.45) is 0.116. The van der Waals surface area contributed by atoms with Crippen LogP contribution in [0.5, 0.6) is 5.75 Å². The summed E-state index contributed by atoms with van der Waals surface area (Å²) in [5, 5.41) is 9.54. The Morgan fingerprint density at radius 3 is 2.44 bits per heavy atom. The quantitative estimate of drug-likeness (QED) is 0.773. The molecule has 0 saturated heterocycles. The van der Waals surface area contributed by atoms with Crippen molar-refractivity contribution in [1.82, 2.24) is 0 Å². The van der Waals surface area contributed by atoms with E-state index in [0.717, 1.165) is 11.3 Å². The van der Waals surface area contributed by atoms with E-state index in [2.05, 4.69) is 11.8 Å². The van der Waals surface area contributed by atoms with Crippen LogP contribution in [0.3, 0.4) is 0 Å². The number of aliphatic hydroxyl groups is 1. The van der Waals surface area contributed by atoms with Gasteiger partial charge in [-0.25, -0.2) is 0 Å². The Bertz CT molecular complexity index is 403. The molecule has 0 fully saturated rings. The molecule has 0 bridgehead atoms. The van der Waals surface area contributed by atoms with Gasteiger partial charge in [0, 0.05) is 0 Å². The van der Waals surface area contributed by atoms with Gasteiger partial charge >= 0.3 is 0 Å². The number of para-hydroxylation sites is 1. The van der Waals surface area contributed by atoms with Gasteiger partial charge in [0.05, 0.1) is 11.7 Å². The Balaban J connectivity index is 2.98. The summed E-state index contributed by atoms with van der Waals surface area (Å²) in [5.41, 5.74) is -0.177. The second kappa shape index (κ2) is 5.05. The maximum absolute atomic E-state index is 9.54. The van der Waals surface area contributed by atoms with Crippen LogP contribution in [0, 0.1) is 11.8 Å². The Morgan fingerprint density at radius 2 is 1.88 bits per heavy atom. The van der Waals surface area contributed by atoms with Crippen molar-refractivity contribution in [2.45, 2.75) is 39.4 Å². The molecule has 0 aliphatic carbocycles. The summed E-state index contributed by atoms with van der Waals surface area (Å²) in [4.78, 5) is 0. The summed E-state index contributed by atoms with van der Waals surface area (Å²) in [5.74, 6) is 6.47. The Hall–Kier alpha value is -1.46. The third-order valence-electron chi connectivity index (χ3n) is 1.75. The average Bonchev–Trinajstić information content (AvgIpc) is 2.14. The SMILES string of the molecule is CC(C)Oc1ccccc1C#CC(C)(C)O. The molecule has 0 unspecified atom stereocenters. The van der Waals surface area contributed by atoms with Gasteiger partial charge in [0.1, 0.15) is 11.4 Å². The Morgan fingerprint density at radius 1 is 1.25 bits per heavy atom. The number of rotatable bonds is 2. The van der Waals surface area contributed by atoms with E-state index in [1.807, 2.05) is 38.1 Å². The zero-order valence-corrected chi connectivity index (χ0v) is 10.2. The van der Waals surface area contributed by atoms with Gasteiger partial charge in [0.15, 0.2) is 0 Å². The van der Waals surface area contributed by atoms with Crippen LogP contribution in [-0.2, 0) is 0 Å². The molecule has 0 spiro atoms. The third-order valence-corrected chi connectivity index (χ3v) is 1.75. The van der Waals surface area contributed by atoms with E-state index in [1.165, 1.54) is 0 Å². The Kier molecular flexibility index (Phi) is 3.98. The van der Waals surface area contributed by atoms with Gasteiger partial charge < -0.3 is 9.84 Å². The minimum atomic E-state index is -0.981. The lowest BCUT2D eigenvalue weighted by Crippen LogP contribution is -2.14. The predicted molar refractivity (Wildman–Crippen MR) is 65.4 cm³/mol. The number of ether oxygens (including phenoxy) is 1. The van der Waals surface area contributed by atoms with E-state index < -0.39 is 5.60 Å². The van der Waals surface area contributed by atoms with Crippen molar-refractivity contribution in [1.29, 1.82) is 0 Å². The van der Waals surface area contributed by atoms with E-state index in [0.29, 0.717) is 0 Å². The molecule has 0 saturated carbocycles. The zero-order valence-electron chi connectivity index (χ0n) is 10.2. The monoisotopic (exact) mass is 218 g/mol. The lowest BCUT2D eigenvalue weighted by atomic mass is 10.1. The molecule has 2 nitrogen and oxygen atoms in total. The van der Waals surface area contributed by atoms with E-state index in [9.17, 15) is 5.11 Å². The zero-order chi connectivity index (χ0) is 12.2. The maximum atomic E-state index is 9.54. The fourth-order valence-electron chi connectivity index (χ4n) is 1.15. The van der Waals surface area contributed by atoms with Crippen LogP contribution in [0.1, 0.15) is 33.3 Å². The second-order valence-corrected chi connectivity index (χ2v) is 4.47. The summed E-state index contributed by atoms with van der Waals surface area (Å²) >= 11 is 0. The first-order chi connectivity index (χ1) is 7.38. The van der Waals surface area contributed by atoms with Gasteiger partial charge in [-0.05, 0) is 39.8 Å². The standard InChI is InChI=1S/C14H18O2/c1-11(2)16-13-8-6-5-7-12(13)9-10-14(3,4)15/h5-8,11,15H,1-4H3. The maximum Gasteiger partial charge on any atom is 0.135 e. The molecule has 16 heavy (non-hydrogen) atoms. The summed E-state index contributed by atoms with van der Waals surface area (Å²) < 4.78 is 5.63. The number of hydrogen-bond acceptors (Lipinski definition) is 2. The first-order valence-corrected chi connectivity index (χ1v) is 5.40. The summed E-state index contributed by atoms with van der Waals surface area (Å²) in [6, 6.07) is 7.58. The molecule has 0 aromatic heterocycles. The van der Waals surface area contributed by atoms with Crippen molar-refractivity contribution < 1.29 is 9.84 Å². The van der Waals surface area contributed by atoms with Gasteiger partial charge in [0.25, 0.3) is 0 Å². The smallest absolute Gasteiger partial charge is 0.135 e. The Labute approximate surface area is 97.3 Å². The van der Waals surface area contributed by atoms with Crippen LogP contribution in [-0.4, -0.2) is 16.8 Å². The molecule has 2 heteroatoms. The van der Waals surface area contributed by atoms with E-state index >= 15 is 0 Å². The van der Waals surface area contributed by atoms with Crippen molar-refractivity contribution >= 4 is 0 Å². The summed E-state index contributed by atoms with van der Waals surface area (Å²) in [7, 11) is 0. The molecule has 0 aliphatic heterocycles. The van der Waals surface area contributed by atoms with Crippen molar-refractivity contribution in [3.8, 4) is 17.6 Å². The number of hydrogen-bond donors (Lipinski definition) is 1. The van der Waals surface area contributed by atoms with Gasteiger partial charge in [-0.15, -0.1) is 0 Å². The molecule has 0 heterocycles. The van der Waals surface area contributed by atoms with Crippen molar-refractivity contribution in [3.05, 3.63) is 29.8 Å². The van der Waals surface area contributed by atoms with Crippen LogP contribution in [0.2, 0.25) is 0 Å². The van der Waals surface area contributed by atoms with Crippen LogP contribution in [0.4, 0.5) is 0 Å². The van der Waals surface area contributed by atoms with E-state index in [-0.39, 0.29) is 6.10 Å². The number of benzene rings is 1. The molecular formula is C14H18O2. The molecule has 1 rings (SSSR count). The predicted octanol–water partition coefficient (Wildman–Crippen LogP) is 2.60. The highest BCUT2D eigenvalue weighted by atomic mass is 16.5. The van der Waals surface area contributed by atoms with Gasteiger partial charge in [0.2, 0.25) is 0 Å². The molecule has 0 aliphatic rings.